The number of aliphatic hydroxyl groups excluding tert-OH is 1. The summed E-state index contributed by atoms with van der Waals surface area (Å²) in [6.07, 6.45) is 5.90. The first-order chi connectivity index (χ1) is 8.72. The summed E-state index contributed by atoms with van der Waals surface area (Å²) in [5.74, 6) is 0.548. The molecule has 18 heavy (non-hydrogen) atoms. The van der Waals surface area contributed by atoms with E-state index in [4.69, 9.17) is 5.11 Å². The molecule has 1 heterocycles. The highest BCUT2D eigenvalue weighted by molar-refractivity contribution is 7.12. The van der Waals surface area contributed by atoms with Crippen LogP contribution in [0.2, 0.25) is 0 Å². The van der Waals surface area contributed by atoms with E-state index in [9.17, 15) is 0 Å². The lowest BCUT2D eigenvalue weighted by Gasteiger charge is -2.30. The summed E-state index contributed by atoms with van der Waals surface area (Å²) in [6.45, 7) is 4.85. The quantitative estimate of drug-likeness (QED) is 0.855. The van der Waals surface area contributed by atoms with Gasteiger partial charge in [0.25, 0.3) is 0 Å². The number of aryl methyl sites for hydroxylation is 1. The predicted octanol–water partition coefficient (Wildman–Crippen LogP) is 3.51. The second kappa shape index (κ2) is 6.69. The normalized spacial score (nSPS) is 26.2. The van der Waals surface area contributed by atoms with E-state index >= 15 is 0 Å². The first kappa shape index (κ1) is 14.0. The van der Waals surface area contributed by atoms with Crippen LogP contribution in [0.1, 0.15) is 55.3 Å². The van der Waals surface area contributed by atoms with Gasteiger partial charge in [-0.15, -0.1) is 11.3 Å². The van der Waals surface area contributed by atoms with Gasteiger partial charge in [0, 0.05) is 28.4 Å². The maximum Gasteiger partial charge on any atom is 0.0459 e. The fourth-order valence-electron chi connectivity index (χ4n) is 2.76. The van der Waals surface area contributed by atoms with Crippen LogP contribution < -0.4 is 5.32 Å². The average molecular weight is 267 g/mol. The molecule has 0 amide bonds. The van der Waals surface area contributed by atoms with Crippen molar-refractivity contribution < 1.29 is 5.11 Å². The molecule has 0 spiro atoms. The molecule has 1 aliphatic carbocycles. The topological polar surface area (TPSA) is 32.3 Å². The lowest BCUT2D eigenvalue weighted by Crippen LogP contribution is -2.35. The Labute approximate surface area is 114 Å². The van der Waals surface area contributed by atoms with E-state index in [1.165, 1.54) is 35.4 Å². The second-order valence-corrected chi connectivity index (χ2v) is 6.65. The summed E-state index contributed by atoms with van der Waals surface area (Å²) in [4.78, 5) is 2.93. The van der Waals surface area contributed by atoms with Gasteiger partial charge in [-0.1, -0.05) is 6.92 Å². The van der Waals surface area contributed by atoms with Crippen LogP contribution >= 0.6 is 11.3 Å². The monoisotopic (exact) mass is 267 g/mol. The van der Waals surface area contributed by atoms with Crippen LogP contribution in [0.3, 0.4) is 0 Å². The van der Waals surface area contributed by atoms with Crippen molar-refractivity contribution >= 4 is 11.3 Å². The van der Waals surface area contributed by atoms with E-state index in [2.05, 4.69) is 31.3 Å². The fraction of sp³-hybridized carbons (Fsp3) is 0.733. The zero-order valence-corrected chi connectivity index (χ0v) is 12.3. The summed E-state index contributed by atoms with van der Waals surface area (Å²) in [6, 6.07) is 5.61. The third kappa shape index (κ3) is 3.56. The van der Waals surface area contributed by atoms with E-state index in [1.54, 1.807) is 0 Å². The molecule has 3 heteroatoms. The molecule has 2 rings (SSSR count). The maximum absolute atomic E-state index is 9.15. The Balaban J connectivity index is 1.82. The van der Waals surface area contributed by atoms with Gasteiger partial charge < -0.3 is 10.4 Å². The van der Waals surface area contributed by atoms with Crippen molar-refractivity contribution in [3.05, 3.63) is 21.9 Å². The Kier molecular flexibility index (Phi) is 5.22. The molecule has 2 N–H and O–H groups in total. The maximum atomic E-state index is 9.15. The van der Waals surface area contributed by atoms with Crippen molar-refractivity contribution in [1.29, 1.82) is 0 Å². The molecule has 1 unspecified atom stereocenters. The van der Waals surface area contributed by atoms with Crippen molar-refractivity contribution in [2.75, 3.05) is 6.61 Å². The van der Waals surface area contributed by atoms with Crippen LogP contribution in [-0.2, 0) is 6.42 Å². The Hall–Kier alpha value is -0.380. The Morgan fingerprint density at radius 2 is 2.06 bits per heavy atom. The molecule has 0 aromatic carbocycles. The van der Waals surface area contributed by atoms with Crippen molar-refractivity contribution in [2.24, 2.45) is 5.92 Å². The van der Waals surface area contributed by atoms with Gasteiger partial charge in [-0.2, -0.15) is 0 Å². The molecule has 1 atom stereocenters. The third-order valence-corrected chi connectivity index (χ3v) is 5.46. The Morgan fingerprint density at radius 3 is 2.61 bits per heavy atom. The van der Waals surface area contributed by atoms with Crippen LogP contribution in [-0.4, -0.2) is 17.8 Å². The lowest BCUT2D eigenvalue weighted by atomic mass is 9.86. The minimum atomic E-state index is 0.368. The van der Waals surface area contributed by atoms with Crippen molar-refractivity contribution in [3.8, 4) is 0 Å². The van der Waals surface area contributed by atoms with Crippen molar-refractivity contribution in [3.63, 3.8) is 0 Å². The lowest BCUT2D eigenvalue weighted by molar-refractivity contribution is 0.172. The smallest absolute Gasteiger partial charge is 0.0459 e. The van der Waals surface area contributed by atoms with E-state index in [0.29, 0.717) is 24.6 Å². The van der Waals surface area contributed by atoms with Gasteiger partial charge in [-0.25, -0.2) is 0 Å². The molecule has 102 valence electrons. The summed E-state index contributed by atoms with van der Waals surface area (Å²) >= 11 is 1.93. The second-order valence-electron chi connectivity index (χ2n) is 5.45. The van der Waals surface area contributed by atoms with E-state index in [-0.39, 0.29) is 0 Å². The molecule has 0 bridgehead atoms. The van der Waals surface area contributed by atoms with Crippen molar-refractivity contribution in [1.82, 2.24) is 5.32 Å². The Morgan fingerprint density at radius 1 is 1.33 bits per heavy atom. The Bertz CT molecular complexity index is 355. The largest absolute Gasteiger partial charge is 0.396 e. The van der Waals surface area contributed by atoms with E-state index in [1.807, 2.05) is 11.3 Å². The SMILES string of the molecule is CCc1ccc(C(C)NC2CCC(CO)CC2)s1. The van der Waals surface area contributed by atoms with Gasteiger partial charge in [0.05, 0.1) is 0 Å². The molecule has 1 fully saturated rings. The van der Waals surface area contributed by atoms with Crippen molar-refractivity contribution in [2.45, 2.75) is 58.0 Å². The molecule has 0 aliphatic heterocycles. The van der Waals surface area contributed by atoms with E-state index in [0.717, 1.165) is 6.42 Å². The highest BCUT2D eigenvalue weighted by Gasteiger charge is 2.22. The summed E-state index contributed by atoms with van der Waals surface area (Å²) in [7, 11) is 0. The van der Waals surface area contributed by atoms with Crippen LogP contribution in [0.15, 0.2) is 12.1 Å². The average Bonchev–Trinajstić information content (AvgIpc) is 2.88. The molecule has 0 radical (unpaired) electrons. The molecule has 1 aromatic heterocycles. The van der Waals surface area contributed by atoms with Gasteiger partial charge >= 0.3 is 0 Å². The summed E-state index contributed by atoms with van der Waals surface area (Å²) in [5.41, 5.74) is 0. The number of aliphatic hydroxyl groups is 1. The van der Waals surface area contributed by atoms with E-state index < -0.39 is 0 Å². The molecule has 2 nitrogen and oxygen atoms in total. The summed E-state index contributed by atoms with van der Waals surface area (Å²) < 4.78 is 0. The van der Waals surface area contributed by atoms with Gasteiger partial charge in [-0.05, 0) is 57.1 Å². The van der Waals surface area contributed by atoms with Gasteiger partial charge in [-0.3, -0.25) is 0 Å². The summed E-state index contributed by atoms with van der Waals surface area (Å²) in [5, 5.41) is 12.9. The van der Waals surface area contributed by atoms with Crippen LogP contribution in [0.25, 0.3) is 0 Å². The molecular formula is C15H25NOS. The number of nitrogens with one attached hydrogen (secondary N) is 1. The number of hydrogen-bond acceptors (Lipinski definition) is 3. The number of thiophene rings is 1. The molecule has 1 saturated carbocycles. The van der Waals surface area contributed by atoms with Gasteiger partial charge in [0.2, 0.25) is 0 Å². The van der Waals surface area contributed by atoms with Crippen LogP contribution in [0.5, 0.6) is 0 Å². The zero-order chi connectivity index (χ0) is 13.0. The van der Waals surface area contributed by atoms with Gasteiger partial charge in [0.15, 0.2) is 0 Å². The molecule has 0 saturated heterocycles. The molecule has 1 aromatic rings. The third-order valence-electron chi connectivity index (χ3n) is 4.05. The minimum absolute atomic E-state index is 0.368. The highest BCUT2D eigenvalue weighted by atomic mass is 32.1. The number of rotatable bonds is 5. The minimum Gasteiger partial charge on any atom is -0.396 e. The molecular weight excluding hydrogens is 242 g/mol. The zero-order valence-electron chi connectivity index (χ0n) is 11.5. The standard InChI is InChI=1S/C15H25NOS/c1-3-14-8-9-15(18-14)11(2)16-13-6-4-12(10-17)5-7-13/h8-9,11-13,16-17H,3-7,10H2,1-2H3. The molecule has 1 aliphatic rings. The first-order valence-corrected chi connectivity index (χ1v) is 8.00. The van der Waals surface area contributed by atoms with Gasteiger partial charge in [0.1, 0.15) is 0 Å². The highest BCUT2D eigenvalue weighted by Crippen LogP contribution is 2.28. The fourth-order valence-corrected chi connectivity index (χ4v) is 3.73. The van der Waals surface area contributed by atoms with Crippen LogP contribution in [0, 0.1) is 5.92 Å². The van der Waals surface area contributed by atoms with Crippen LogP contribution in [0.4, 0.5) is 0 Å². The first-order valence-electron chi connectivity index (χ1n) is 7.18. The predicted molar refractivity (Wildman–Crippen MR) is 78.1 cm³/mol. The number of hydrogen-bond donors (Lipinski definition) is 2.